The normalized spacial score (nSPS) is 13.6. The molecule has 1 aromatic rings. The lowest BCUT2D eigenvalue weighted by atomic mass is 10.0. The van der Waals surface area contributed by atoms with E-state index in [0.29, 0.717) is 11.1 Å². The van der Waals surface area contributed by atoms with Crippen LogP contribution in [0.4, 0.5) is 17.6 Å². The smallest absolute Gasteiger partial charge is 0.388 e. The summed E-state index contributed by atoms with van der Waals surface area (Å²) in [4.78, 5) is 0. The number of ether oxygens (including phenoxy) is 1. The Morgan fingerprint density at radius 1 is 1.32 bits per heavy atom. The molecule has 0 aliphatic carbocycles. The van der Waals surface area contributed by atoms with Crippen LogP contribution in [0.15, 0.2) is 18.2 Å². The molecule has 19 heavy (non-hydrogen) atoms. The van der Waals surface area contributed by atoms with Gasteiger partial charge in [-0.25, -0.2) is 4.39 Å². The predicted molar refractivity (Wildman–Crippen MR) is 62.2 cm³/mol. The fraction of sp³-hybridized carbons (Fsp3) is 0.538. The van der Waals surface area contributed by atoms with E-state index in [1.807, 2.05) is 0 Å². The first kappa shape index (κ1) is 15.9. The average Bonchev–Trinajstić information content (AvgIpc) is 2.30. The van der Waals surface area contributed by atoms with Crippen molar-refractivity contribution in [2.24, 2.45) is 0 Å². The lowest BCUT2D eigenvalue weighted by molar-refractivity contribution is -0.174. The van der Waals surface area contributed by atoms with Crippen LogP contribution in [-0.2, 0) is 4.74 Å². The van der Waals surface area contributed by atoms with Crippen molar-refractivity contribution in [1.29, 1.82) is 0 Å². The summed E-state index contributed by atoms with van der Waals surface area (Å²) in [5.41, 5.74) is 0.892. The second kappa shape index (κ2) is 6.86. The van der Waals surface area contributed by atoms with Crippen molar-refractivity contribution in [3.05, 3.63) is 35.1 Å². The van der Waals surface area contributed by atoms with Gasteiger partial charge in [-0.15, -0.1) is 0 Å². The summed E-state index contributed by atoms with van der Waals surface area (Å²) in [6.07, 6.45) is -4.74. The molecule has 0 aliphatic heterocycles. The zero-order valence-electron chi connectivity index (χ0n) is 10.5. The van der Waals surface area contributed by atoms with Gasteiger partial charge in [0, 0.05) is 6.61 Å². The van der Waals surface area contributed by atoms with E-state index < -0.39 is 24.7 Å². The van der Waals surface area contributed by atoms with Gasteiger partial charge in [0.05, 0.1) is 6.10 Å². The third-order valence-electron chi connectivity index (χ3n) is 2.61. The molecule has 0 heterocycles. The molecule has 0 spiro atoms. The highest BCUT2D eigenvalue weighted by Gasteiger charge is 2.27. The molecule has 1 unspecified atom stereocenters. The lowest BCUT2D eigenvalue weighted by Crippen LogP contribution is -2.17. The van der Waals surface area contributed by atoms with Gasteiger partial charge in [-0.1, -0.05) is 12.1 Å². The van der Waals surface area contributed by atoms with Crippen LogP contribution in [-0.4, -0.2) is 24.5 Å². The van der Waals surface area contributed by atoms with Crippen molar-refractivity contribution in [2.75, 3.05) is 13.2 Å². The third kappa shape index (κ3) is 6.02. The Balaban J connectivity index is 2.31. The first-order chi connectivity index (χ1) is 8.79. The van der Waals surface area contributed by atoms with Crippen molar-refractivity contribution >= 4 is 0 Å². The predicted octanol–water partition coefficient (Wildman–Crippen LogP) is 3.53. The number of halogens is 4. The van der Waals surface area contributed by atoms with E-state index in [-0.39, 0.29) is 19.4 Å². The number of benzene rings is 1. The van der Waals surface area contributed by atoms with E-state index in [1.54, 1.807) is 19.1 Å². The SMILES string of the molecule is Cc1ccc(C(O)CCCOCC(F)(F)F)cc1F. The summed E-state index contributed by atoms with van der Waals surface area (Å²) >= 11 is 0. The van der Waals surface area contributed by atoms with E-state index in [1.165, 1.54) is 6.07 Å². The van der Waals surface area contributed by atoms with Gasteiger partial charge in [0.25, 0.3) is 0 Å². The molecule has 0 aromatic heterocycles. The number of hydrogen-bond donors (Lipinski definition) is 1. The minimum Gasteiger partial charge on any atom is -0.388 e. The monoisotopic (exact) mass is 280 g/mol. The number of aliphatic hydroxyl groups excluding tert-OH is 1. The van der Waals surface area contributed by atoms with Crippen LogP contribution in [0.5, 0.6) is 0 Å². The van der Waals surface area contributed by atoms with E-state index in [4.69, 9.17) is 0 Å². The number of aliphatic hydroxyl groups is 1. The Morgan fingerprint density at radius 3 is 2.58 bits per heavy atom. The molecule has 6 heteroatoms. The third-order valence-corrected chi connectivity index (χ3v) is 2.61. The highest BCUT2D eigenvalue weighted by Crippen LogP contribution is 2.21. The van der Waals surface area contributed by atoms with Gasteiger partial charge in [-0.05, 0) is 37.0 Å². The molecule has 1 rings (SSSR count). The van der Waals surface area contributed by atoms with Crippen molar-refractivity contribution in [2.45, 2.75) is 32.0 Å². The van der Waals surface area contributed by atoms with E-state index >= 15 is 0 Å². The van der Waals surface area contributed by atoms with Crippen LogP contribution >= 0.6 is 0 Å². The van der Waals surface area contributed by atoms with Gasteiger partial charge in [-0.2, -0.15) is 13.2 Å². The summed E-state index contributed by atoms with van der Waals surface area (Å²) < 4.78 is 53.0. The molecule has 0 aliphatic rings. The summed E-state index contributed by atoms with van der Waals surface area (Å²) in [5, 5.41) is 9.75. The first-order valence-electron chi connectivity index (χ1n) is 5.88. The standard InChI is InChI=1S/C13H16F4O2/c1-9-4-5-10(7-11(9)14)12(18)3-2-6-19-8-13(15,16)17/h4-5,7,12,18H,2-3,6,8H2,1H3. The molecular weight excluding hydrogens is 264 g/mol. The summed E-state index contributed by atoms with van der Waals surface area (Å²) in [5.74, 6) is -0.412. The van der Waals surface area contributed by atoms with Crippen molar-refractivity contribution in [3.63, 3.8) is 0 Å². The minimum absolute atomic E-state index is 0.0923. The molecule has 0 amide bonds. The van der Waals surface area contributed by atoms with Gasteiger partial charge in [0.1, 0.15) is 12.4 Å². The molecular formula is C13H16F4O2. The molecule has 0 bridgehead atoms. The minimum atomic E-state index is -4.33. The summed E-state index contributed by atoms with van der Waals surface area (Å²) in [6, 6.07) is 4.38. The van der Waals surface area contributed by atoms with Crippen LogP contribution < -0.4 is 0 Å². The Kier molecular flexibility index (Phi) is 5.75. The van der Waals surface area contributed by atoms with Gasteiger partial charge in [-0.3, -0.25) is 0 Å². The fourth-order valence-corrected chi connectivity index (χ4v) is 1.55. The van der Waals surface area contributed by atoms with E-state index in [2.05, 4.69) is 4.74 Å². The molecule has 0 saturated carbocycles. The van der Waals surface area contributed by atoms with Crippen LogP contribution in [0.3, 0.4) is 0 Å². The number of alkyl halides is 3. The number of aryl methyl sites for hydroxylation is 1. The Bertz CT molecular complexity index is 404. The molecule has 0 saturated heterocycles. The van der Waals surface area contributed by atoms with Crippen molar-refractivity contribution < 1.29 is 27.4 Å². The highest BCUT2D eigenvalue weighted by molar-refractivity contribution is 5.24. The van der Waals surface area contributed by atoms with Crippen LogP contribution in [0.1, 0.15) is 30.1 Å². The second-order valence-electron chi connectivity index (χ2n) is 4.33. The van der Waals surface area contributed by atoms with E-state index in [0.717, 1.165) is 0 Å². The molecule has 108 valence electrons. The van der Waals surface area contributed by atoms with Crippen molar-refractivity contribution in [3.8, 4) is 0 Å². The molecule has 1 aromatic carbocycles. The quantitative estimate of drug-likeness (QED) is 0.638. The van der Waals surface area contributed by atoms with Gasteiger partial charge in [0.15, 0.2) is 0 Å². The van der Waals surface area contributed by atoms with Gasteiger partial charge in [0.2, 0.25) is 0 Å². The van der Waals surface area contributed by atoms with Crippen molar-refractivity contribution in [1.82, 2.24) is 0 Å². The summed E-state index contributed by atoms with van der Waals surface area (Å²) in [6.45, 7) is 0.226. The number of hydrogen-bond acceptors (Lipinski definition) is 2. The highest BCUT2D eigenvalue weighted by atomic mass is 19.4. The van der Waals surface area contributed by atoms with Crippen LogP contribution in [0.25, 0.3) is 0 Å². The van der Waals surface area contributed by atoms with Gasteiger partial charge < -0.3 is 9.84 Å². The molecule has 1 atom stereocenters. The zero-order valence-corrected chi connectivity index (χ0v) is 10.5. The average molecular weight is 280 g/mol. The van der Waals surface area contributed by atoms with E-state index in [9.17, 15) is 22.7 Å². The molecule has 0 fully saturated rings. The van der Waals surface area contributed by atoms with Crippen LogP contribution in [0.2, 0.25) is 0 Å². The topological polar surface area (TPSA) is 29.5 Å². The van der Waals surface area contributed by atoms with Crippen LogP contribution in [0, 0.1) is 12.7 Å². The maximum atomic E-state index is 13.3. The Morgan fingerprint density at radius 2 is 2.00 bits per heavy atom. The Labute approximate surface area is 109 Å². The van der Waals surface area contributed by atoms with Gasteiger partial charge >= 0.3 is 6.18 Å². The first-order valence-corrected chi connectivity index (χ1v) is 5.88. The second-order valence-corrected chi connectivity index (χ2v) is 4.33. The molecule has 2 nitrogen and oxygen atoms in total. The Hall–Kier alpha value is -1.14. The zero-order chi connectivity index (χ0) is 14.5. The molecule has 1 N–H and O–H groups in total. The largest absolute Gasteiger partial charge is 0.411 e. The maximum absolute atomic E-state index is 13.3. The number of rotatable bonds is 6. The maximum Gasteiger partial charge on any atom is 0.411 e. The fourth-order valence-electron chi connectivity index (χ4n) is 1.55. The molecule has 0 radical (unpaired) electrons. The lowest BCUT2D eigenvalue weighted by Gasteiger charge is -2.12. The summed E-state index contributed by atoms with van der Waals surface area (Å²) in [7, 11) is 0.